The molecule has 7 heteroatoms. The molecule has 0 aliphatic carbocycles. The molecule has 0 saturated heterocycles. The van der Waals surface area contributed by atoms with E-state index in [1.807, 2.05) is 4.83 Å². The van der Waals surface area contributed by atoms with Crippen LogP contribution in [0.3, 0.4) is 0 Å². The summed E-state index contributed by atoms with van der Waals surface area (Å²) in [5.74, 6) is 0. The van der Waals surface area contributed by atoms with E-state index < -0.39 is 17.3 Å². The minimum atomic E-state index is -2.34. The molecule has 0 saturated carbocycles. The van der Waals surface area contributed by atoms with Crippen LogP contribution in [-0.4, -0.2) is 14.8 Å². The molecule has 0 aliphatic heterocycles. The Hall–Kier alpha value is -1.44. The third-order valence-electron chi connectivity index (χ3n) is 1.40. The molecule has 2 amide bonds. The van der Waals surface area contributed by atoms with Crippen LogP contribution in [0.5, 0.6) is 0 Å². The molecule has 0 aliphatic rings. The lowest BCUT2D eigenvalue weighted by molar-refractivity contribution is 0.253. The van der Waals surface area contributed by atoms with Gasteiger partial charge < -0.3 is 5.73 Å². The van der Waals surface area contributed by atoms with E-state index in [2.05, 4.69) is 0 Å². The van der Waals surface area contributed by atoms with E-state index in [4.69, 9.17) is 10.3 Å². The first-order valence-electron chi connectivity index (χ1n) is 3.63. The first kappa shape index (κ1) is 10.6. The summed E-state index contributed by atoms with van der Waals surface area (Å²) in [5.41, 5.74) is 5.39. The normalized spacial score (nSPS) is 12.1. The Morgan fingerprint density at radius 1 is 1.43 bits per heavy atom. The van der Waals surface area contributed by atoms with Crippen molar-refractivity contribution >= 4 is 23.0 Å². The maximum atomic E-state index is 10.9. The Morgan fingerprint density at radius 2 is 2.00 bits per heavy atom. The van der Waals surface area contributed by atoms with Crippen LogP contribution in [0.25, 0.3) is 0 Å². The number of para-hydroxylation sites is 1. The predicted molar refractivity (Wildman–Crippen MR) is 52.4 cm³/mol. The average molecular weight is 215 g/mol. The number of hydrogen-bond acceptors (Lipinski definition) is 2. The zero-order chi connectivity index (χ0) is 10.6. The molecule has 0 radical (unpaired) electrons. The number of carbonyl (C=O) groups excluding carboxylic acids is 1. The van der Waals surface area contributed by atoms with E-state index in [0.717, 1.165) is 5.01 Å². The lowest BCUT2D eigenvalue weighted by Crippen LogP contribution is -2.46. The number of nitrogens with zero attached hydrogens (tertiary/aromatic N) is 1. The van der Waals surface area contributed by atoms with E-state index in [9.17, 15) is 9.00 Å². The molecule has 1 aromatic carbocycles. The van der Waals surface area contributed by atoms with Crippen molar-refractivity contribution in [2.24, 2.45) is 5.73 Å². The van der Waals surface area contributed by atoms with E-state index in [1.54, 1.807) is 30.3 Å². The van der Waals surface area contributed by atoms with Gasteiger partial charge in [0.15, 0.2) is 0 Å². The number of nitrogens with one attached hydrogen (secondary N) is 1. The minimum Gasteiger partial charge on any atom is -0.350 e. The number of nitrogens with two attached hydrogens (primary N) is 1. The molecular weight excluding hydrogens is 206 g/mol. The van der Waals surface area contributed by atoms with Gasteiger partial charge in [0.05, 0.1) is 5.69 Å². The van der Waals surface area contributed by atoms with Gasteiger partial charge in [0.25, 0.3) is 11.3 Å². The maximum Gasteiger partial charge on any atom is 0.334 e. The van der Waals surface area contributed by atoms with Crippen LogP contribution < -0.4 is 15.6 Å². The van der Waals surface area contributed by atoms with Gasteiger partial charge in [-0.1, -0.05) is 18.2 Å². The summed E-state index contributed by atoms with van der Waals surface area (Å²) in [4.78, 5) is 12.9. The van der Waals surface area contributed by atoms with Crippen LogP contribution >= 0.6 is 0 Å². The zero-order valence-corrected chi connectivity index (χ0v) is 7.90. The smallest absolute Gasteiger partial charge is 0.334 e. The largest absolute Gasteiger partial charge is 0.350 e. The van der Waals surface area contributed by atoms with Crippen LogP contribution in [0, 0.1) is 0 Å². The summed E-state index contributed by atoms with van der Waals surface area (Å²) < 4.78 is 19.0. The van der Waals surface area contributed by atoms with E-state index in [1.165, 1.54) is 0 Å². The van der Waals surface area contributed by atoms with Crippen molar-refractivity contribution in [3.63, 3.8) is 0 Å². The van der Waals surface area contributed by atoms with Crippen LogP contribution in [0.2, 0.25) is 0 Å². The lowest BCUT2D eigenvalue weighted by atomic mass is 10.3. The fraction of sp³-hybridized carbons (Fsp3) is 0. The molecular formula is C7H9N3O3S. The highest BCUT2D eigenvalue weighted by atomic mass is 32.2. The Bertz CT molecular complexity index is 343. The molecule has 0 heterocycles. The van der Waals surface area contributed by atoms with Crippen LogP contribution in [0.4, 0.5) is 10.5 Å². The highest BCUT2D eigenvalue weighted by Crippen LogP contribution is 2.10. The second kappa shape index (κ2) is 4.70. The van der Waals surface area contributed by atoms with Crippen molar-refractivity contribution in [2.75, 3.05) is 5.01 Å². The van der Waals surface area contributed by atoms with Crippen molar-refractivity contribution < 1.29 is 13.6 Å². The number of anilines is 1. The first-order chi connectivity index (χ1) is 6.61. The van der Waals surface area contributed by atoms with Crippen LogP contribution in [0.15, 0.2) is 30.3 Å². The molecule has 1 atom stereocenters. The lowest BCUT2D eigenvalue weighted by Gasteiger charge is -2.18. The molecule has 1 unspecified atom stereocenters. The number of hydrogen-bond donors (Lipinski definition) is 3. The second-order valence-corrected chi connectivity index (χ2v) is 3.03. The number of hydrazine groups is 1. The Morgan fingerprint density at radius 3 is 2.43 bits per heavy atom. The minimum absolute atomic E-state index is 0.391. The van der Waals surface area contributed by atoms with Crippen molar-refractivity contribution in [2.45, 2.75) is 0 Å². The molecule has 76 valence electrons. The van der Waals surface area contributed by atoms with Gasteiger partial charge in [0.1, 0.15) is 0 Å². The molecule has 0 fully saturated rings. The molecule has 14 heavy (non-hydrogen) atoms. The molecule has 0 aromatic heterocycles. The highest BCUT2D eigenvalue weighted by molar-refractivity contribution is 7.77. The SMILES string of the molecule is NC(=O)N(NS(=O)O)c1ccccc1. The highest BCUT2D eigenvalue weighted by Gasteiger charge is 2.13. The summed E-state index contributed by atoms with van der Waals surface area (Å²) >= 11 is -2.34. The van der Waals surface area contributed by atoms with Gasteiger partial charge in [-0.05, 0) is 12.1 Å². The third kappa shape index (κ3) is 2.80. The molecule has 0 spiro atoms. The van der Waals surface area contributed by atoms with Crippen LogP contribution in [-0.2, 0) is 11.3 Å². The zero-order valence-electron chi connectivity index (χ0n) is 7.08. The fourth-order valence-electron chi connectivity index (χ4n) is 0.880. The van der Waals surface area contributed by atoms with Crippen LogP contribution in [0.1, 0.15) is 0 Å². The number of urea groups is 1. The maximum absolute atomic E-state index is 10.9. The van der Waals surface area contributed by atoms with Crippen molar-refractivity contribution in [1.82, 2.24) is 4.83 Å². The van der Waals surface area contributed by atoms with Gasteiger partial charge in [0, 0.05) is 0 Å². The molecule has 4 N–H and O–H groups in total. The topological polar surface area (TPSA) is 95.7 Å². The quantitative estimate of drug-likeness (QED) is 0.497. The Labute approximate surface area is 83.1 Å². The summed E-state index contributed by atoms with van der Waals surface area (Å²) in [6.07, 6.45) is 0. The molecule has 0 bridgehead atoms. The van der Waals surface area contributed by atoms with E-state index >= 15 is 0 Å². The number of amides is 2. The summed E-state index contributed by atoms with van der Waals surface area (Å²) in [7, 11) is 0. The average Bonchev–Trinajstić information content (AvgIpc) is 2.15. The Kier molecular flexibility index (Phi) is 3.57. The van der Waals surface area contributed by atoms with Gasteiger partial charge >= 0.3 is 6.03 Å². The first-order valence-corrected chi connectivity index (χ1v) is 4.73. The number of rotatable bonds is 3. The van der Waals surface area contributed by atoms with Crippen molar-refractivity contribution in [3.05, 3.63) is 30.3 Å². The predicted octanol–water partition coefficient (Wildman–Crippen LogP) is 0.213. The number of primary amides is 1. The number of benzene rings is 1. The molecule has 1 rings (SSSR count). The Balaban J connectivity index is 2.89. The fourth-order valence-corrected chi connectivity index (χ4v) is 1.23. The van der Waals surface area contributed by atoms with E-state index in [-0.39, 0.29) is 0 Å². The van der Waals surface area contributed by atoms with Gasteiger partial charge in [-0.25, -0.2) is 14.0 Å². The monoisotopic (exact) mass is 215 g/mol. The van der Waals surface area contributed by atoms with Gasteiger partial charge in [0.2, 0.25) is 0 Å². The van der Waals surface area contributed by atoms with Crippen molar-refractivity contribution in [1.29, 1.82) is 0 Å². The standard InChI is InChI=1S/C7H9N3O3S/c8-7(11)10(9-14(12)13)6-4-2-1-3-5-6/h1-5,9H,(H2,8,11)(H,12,13). The van der Waals surface area contributed by atoms with Gasteiger partial charge in [-0.2, -0.15) is 0 Å². The van der Waals surface area contributed by atoms with Gasteiger partial charge in [-0.15, -0.1) is 4.83 Å². The second-order valence-electron chi connectivity index (χ2n) is 2.35. The summed E-state index contributed by atoms with van der Waals surface area (Å²) in [6, 6.07) is 7.38. The summed E-state index contributed by atoms with van der Waals surface area (Å²) in [5, 5.41) is 0.788. The van der Waals surface area contributed by atoms with Crippen molar-refractivity contribution in [3.8, 4) is 0 Å². The summed E-state index contributed by atoms with van der Waals surface area (Å²) in [6.45, 7) is 0. The molecule has 1 aromatic rings. The van der Waals surface area contributed by atoms with E-state index in [0.29, 0.717) is 5.69 Å². The van der Waals surface area contributed by atoms with Gasteiger partial charge in [-0.3, -0.25) is 4.55 Å². The number of carbonyl (C=O) groups is 1. The third-order valence-corrected chi connectivity index (χ3v) is 1.74. The molecule has 6 nitrogen and oxygen atoms in total.